The van der Waals surface area contributed by atoms with E-state index in [2.05, 4.69) is 10.9 Å². The van der Waals surface area contributed by atoms with Crippen LogP contribution >= 0.6 is 11.6 Å². The second-order valence-corrected chi connectivity index (χ2v) is 6.93. The number of anilines is 1. The number of rotatable bonds is 3. The van der Waals surface area contributed by atoms with E-state index < -0.39 is 11.0 Å². The molecule has 0 spiro atoms. The molecule has 1 fully saturated rings. The molecule has 2 heterocycles. The first-order valence-corrected chi connectivity index (χ1v) is 8.76. The summed E-state index contributed by atoms with van der Waals surface area (Å²) in [5.41, 5.74) is 8.80. The van der Waals surface area contributed by atoms with E-state index in [0.29, 0.717) is 30.1 Å². The number of fused-ring (bicyclic) bond motifs is 1. The monoisotopic (exact) mass is 372 g/mol. The molecule has 2 atom stereocenters. The van der Waals surface area contributed by atoms with Crippen molar-refractivity contribution in [1.82, 2.24) is 10.9 Å². The largest absolute Gasteiger partial charge is 0.310 e. The molecule has 1 amide bonds. The Labute approximate surface area is 155 Å². The first kappa shape index (κ1) is 17.0. The number of hydrogen-bond acceptors (Lipinski definition) is 5. The number of amides is 1. The predicted octanol–water partition coefficient (Wildman–Crippen LogP) is 2.75. The van der Waals surface area contributed by atoms with Gasteiger partial charge in [-0.25, -0.2) is 10.9 Å². The SMILES string of the molecule is O=C(C1CC(c2cccc(Cl)c2)NN1)N1CCc2ccc([N+](=O)[O-])cc21. The van der Waals surface area contributed by atoms with Crippen LogP contribution in [0.5, 0.6) is 0 Å². The van der Waals surface area contributed by atoms with Gasteiger partial charge in [-0.1, -0.05) is 29.8 Å². The molecule has 0 aliphatic carbocycles. The van der Waals surface area contributed by atoms with Gasteiger partial charge < -0.3 is 4.90 Å². The summed E-state index contributed by atoms with van der Waals surface area (Å²) < 4.78 is 0. The molecule has 26 heavy (non-hydrogen) atoms. The summed E-state index contributed by atoms with van der Waals surface area (Å²) in [6.45, 7) is 0.537. The number of benzene rings is 2. The number of hydrogen-bond donors (Lipinski definition) is 2. The molecule has 2 N–H and O–H groups in total. The normalized spacial score (nSPS) is 21.7. The van der Waals surface area contributed by atoms with Gasteiger partial charge in [0.05, 0.1) is 10.6 Å². The van der Waals surface area contributed by atoms with Gasteiger partial charge in [-0.3, -0.25) is 14.9 Å². The van der Waals surface area contributed by atoms with E-state index in [-0.39, 0.29) is 17.6 Å². The molecule has 2 aromatic carbocycles. The molecule has 134 valence electrons. The van der Waals surface area contributed by atoms with Crippen molar-refractivity contribution in [2.24, 2.45) is 0 Å². The van der Waals surface area contributed by atoms with Gasteiger partial charge in [-0.15, -0.1) is 0 Å². The van der Waals surface area contributed by atoms with Gasteiger partial charge in [-0.05, 0) is 36.1 Å². The van der Waals surface area contributed by atoms with Crippen LogP contribution in [0.15, 0.2) is 42.5 Å². The summed E-state index contributed by atoms with van der Waals surface area (Å²) in [6, 6.07) is 11.8. The van der Waals surface area contributed by atoms with Crippen LogP contribution in [0.2, 0.25) is 5.02 Å². The molecule has 8 heteroatoms. The number of non-ortho nitro benzene ring substituents is 1. The highest BCUT2D eigenvalue weighted by atomic mass is 35.5. The highest BCUT2D eigenvalue weighted by Gasteiger charge is 2.36. The smallest absolute Gasteiger partial charge is 0.271 e. The molecule has 0 aromatic heterocycles. The molecular weight excluding hydrogens is 356 g/mol. The first-order chi connectivity index (χ1) is 12.5. The Morgan fingerprint density at radius 2 is 2.08 bits per heavy atom. The Morgan fingerprint density at radius 3 is 2.85 bits per heavy atom. The van der Waals surface area contributed by atoms with Gasteiger partial charge in [-0.2, -0.15) is 0 Å². The number of carbonyl (C=O) groups excluding carboxylic acids is 1. The van der Waals surface area contributed by atoms with Crippen molar-refractivity contribution in [2.75, 3.05) is 11.4 Å². The quantitative estimate of drug-likeness (QED) is 0.639. The lowest BCUT2D eigenvalue weighted by Gasteiger charge is -2.21. The van der Waals surface area contributed by atoms with Crippen molar-refractivity contribution in [3.05, 3.63) is 68.7 Å². The van der Waals surface area contributed by atoms with Crippen molar-refractivity contribution >= 4 is 28.9 Å². The van der Waals surface area contributed by atoms with Crippen molar-refractivity contribution < 1.29 is 9.72 Å². The molecule has 0 bridgehead atoms. The number of carbonyl (C=O) groups is 1. The van der Waals surface area contributed by atoms with E-state index in [1.165, 1.54) is 12.1 Å². The summed E-state index contributed by atoms with van der Waals surface area (Å²) >= 11 is 6.04. The number of nitro groups is 1. The highest BCUT2D eigenvalue weighted by Crippen LogP contribution is 2.33. The zero-order valence-corrected chi connectivity index (χ0v) is 14.6. The van der Waals surface area contributed by atoms with E-state index in [9.17, 15) is 14.9 Å². The number of nitro benzene ring substituents is 1. The van der Waals surface area contributed by atoms with Gasteiger partial charge in [0.2, 0.25) is 5.91 Å². The fraction of sp³-hybridized carbons (Fsp3) is 0.278. The fourth-order valence-corrected chi connectivity index (χ4v) is 3.76. The maximum Gasteiger partial charge on any atom is 0.271 e. The molecule has 0 saturated carbocycles. The molecule has 2 aliphatic rings. The molecule has 2 unspecified atom stereocenters. The lowest BCUT2D eigenvalue weighted by molar-refractivity contribution is -0.384. The van der Waals surface area contributed by atoms with Crippen LogP contribution in [0.25, 0.3) is 0 Å². The Bertz CT molecular complexity index is 888. The van der Waals surface area contributed by atoms with E-state index >= 15 is 0 Å². The van der Waals surface area contributed by atoms with Gasteiger partial charge in [0.1, 0.15) is 6.04 Å². The average Bonchev–Trinajstić information content (AvgIpc) is 3.28. The Balaban J connectivity index is 1.52. The van der Waals surface area contributed by atoms with Gasteiger partial charge in [0.15, 0.2) is 0 Å². The van der Waals surface area contributed by atoms with E-state index in [1.54, 1.807) is 11.0 Å². The van der Waals surface area contributed by atoms with Crippen molar-refractivity contribution in [3.8, 4) is 0 Å². The molecule has 7 nitrogen and oxygen atoms in total. The van der Waals surface area contributed by atoms with Crippen LogP contribution in [-0.2, 0) is 11.2 Å². The van der Waals surface area contributed by atoms with Crippen LogP contribution < -0.4 is 15.8 Å². The number of halogens is 1. The zero-order chi connectivity index (χ0) is 18.3. The lowest BCUT2D eigenvalue weighted by Crippen LogP contribution is -2.45. The predicted molar refractivity (Wildman–Crippen MR) is 98.0 cm³/mol. The van der Waals surface area contributed by atoms with Crippen molar-refractivity contribution in [1.29, 1.82) is 0 Å². The van der Waals surface area contributed by atoms with Crippen LogP contribution in [0.1, 0.15) is 23.6 Å². The van der Waals surface area contributed by atoms with Gasteiger partial charge >= 0.3 is 0 Å². The Kier molecular flexibility index (Phi) is 4.36. The maximum absolute atomic E-state index is 13.0. The fourth-order valence-electron chi connectivity index (χ4n) is 3.56. The van der Waals surface area contributed by atoms with Crippen LogP contribution in [0.4, 0.5) is 11.4 Å². The van der Waals surface area contributed by atoms with Crippen LogP contribution in [0.3, 0.4) is 0 Å². The number of nitrogens with one attached hydrogen (secondary N) is 2. The summed E-state index contributed by atoms with van der Waals surface area (Å²) in [6.07, 6.45) is 1.29. The van der Waals surface area contributed by atoms with E-state index in [4.69, 9.17) is 11.6 Å². The topological polar surface area (TPSA) is 87.5 Å². The van der Waals surface area contributed by atoms with Gasteiger partial charge in [0.25, 0.3) is 5.69 Å². The minimum Gasteiger partial charge on any atom is -0.310 e. The average molecular weight is 373 g/mol. The molecular formula is C18H17ClN4O3. The second kappa shape index (κ2) is 6.68. The Hall–Kier alpha value is -2.48. The zero-order valence-electron chi connectivity index (χ0n) is 13.8. The molecule has 2 aromatic rings. The molecule has 0 radical (unpaired) electrons. The standard InChI is InChI=1S/C18H17ClN4O3/c19-13-3-1-2-12(8-13)15-10-16(21-20-15)18(24)22-7-6-11-4-5-14(23(25)26)9-17(11)22/h1-5,8-9,15-16,20-21H,6-7,10H2. The third-order valence-corrected chi connectivity index (χ3v) is 5.13. The van der Waals surface area contributed by atoms with E-state index in [1.807, 2.05) is 24.3 Å². The summed E-state index contributed by atoms with van der Waals surface area (Å²) in [5, 5.41) is 11.7. The van der Waals surface area contributed by atoms with Crippen molar-refractivity contribution in [3.63, 3.8) is 0 Å². The number of nitrogens with zero attached hydrogens (tertiary/aromatic N) is 2. The summed E-state index contributed by atoms with van der Waals surface area (Å²) in [4.78, 5) is 25.2. The van der Waals surface area contributed by atoms with E-state index in [0.717, 1.165) is 11.1 Å². The summed E-state index contributed by atoms with van der Waals surface area (Å²) in [7, 11) is 0. The van der Waals surface area contributed by atoms with Gasteiger partial charge in [0, 0.05) is 29.7 Å². The second-order valence-electron chi connectivity index (χ2n) is 6.49. The minimum atomic E-state index is -0.439. The van der Waals surface area contributed by atoms with Crippen molar-refractivity contribution in [2.45, 2.75) is 24.9 Å². The summed E-state index contributed by atoms with van der Waals surface area (Å²) in [5.74, 6) is -0.0822. The maximum atomic E-state index is 13.0. The third-order valence-electron chi connectivity index (χ3n) is 4.89. The van der Waals surface area contributed by atoms with Crippen LogP contribution in [-0.4, -0.2) is 23.4 Å². The highest BCUT2D eigenvalue weighted by molar-refractivity contribution is 6.30. The lowest BCUT2D eigenvalue weighted by atomic mass is 10.0. The first-order valence-electron chi connectivity index (χ1n) is 8.38. The minimum absolute atomic E-state index is 0.00207. The molecule has 2 aliphatic heterocycles. The molecule has 1 saturated heterocycles. The number of hydrazine groups is 1. The van der Waals surface area contributed by atoms with Crippen LogP contribution in [0, 0.1) is 10.1 Å². The third kappa shape index (κ3) is 3.05. The molecule has 4 rings (SSSR count). The Morgan fingerprint density at radius 1 is 1.23 bits per heavy atom.